The van der Waals surface area contributed by atoms with Gasteiger partial charge in [0, 0.05) is 19.5 Å². The molecule has 2 amide bonds. The first-order valence-corrected chi connectivity index (χ1v) is 6.92. The summed E-state index contributed by atoms with van der Waals surface area (Å²) < 4.78 is 5.57. The molecule has 1 atom stereocenters. The van der Waals surface area contributed by atoms with Gasteiger partial charge in [0.25, 0.3) is 5.91 Å². The van der Waals surface area contributed by atoms with Gasteiger partial charge < -0.3 is 20.3 Å². The number of hydrogen-bond acceptors (Lipinski definition) is 4. The quantitative estimate of drug-likeness (QED) is 0.699. The van der Waals surface area contributed by atoms with Gasteiger partial charge in [0.05, 0.1) is 13.2 Å². The summed E-state index contributed by atoms with van der Waals surface area (Å²) in [6, 6.07) is 0. The maximum atomic E-state index is 12.5. The fourth-order valence-corrected chi connectivity index (χ4v) is 2.79. The van der Waals surface area contributed by atoms with E-state index in [-0.39, 0.29) is 17.7 Å². The molecule has 0 aromatic rings. The van der Waals surface area contributed by atoms with Crippen LogP contribution in [0.25, 0.3) is 0 Å². The molecule has 0 bridgehead atoms. The van der Waals surface area contributed by atoms with Crippen LogP contribution in [-0.2, 0) is 14.3 Å². The van der Waals surface area contributed by atoms with Crippen molar-refractivity contribution < 1.29 is 14.3 Å². The number of amides is 2. The van der Waals surface area contributed by atoms with Crippen LogP contribution in [0, 0.1) is 5.92 Å². The Hall–Kier alpha value is -1.14. The summed E-state index contributed by atoms with van der Waals surface area (Å²) in [5, 5.41) is 5.86. The SMILES string of the molecule is CNC(=O)[C@@]1(C)CN(C(=O)C2CCNCC2)CCO1. The Morgan fingerprint density at radius 1 is 1.37 bits per heavy atom. The van der Waals surface area contributed by atoms with Gasteiger partial charge in [0.1, 0.15) is 0 Å². The van der Waals surface area contributed by atoms with E-state index in [1.807, 2.05) is 0 Å². The van der Waals surface area contributed by atoms with Gasteiger partial charge in [-0.15, -0.1) is 0 Å². The van der Waals surface area contributed by atoms with Gasteiger partial charge in [-0.1, -0.05) is 0 Å². The number of morpholine rings is 1. The fourth-order valence-electron chi connectivity index (χ4n) is 2.79. The molecule has 0 radical (unpaired) electrons. The number of rotatable bonds is 2. The van der Waals surface area contributed by atoms with Gasteiger partial charge in [0.15, 0.2) is 5.60 Å². The Morgan fingerprint density at radius 3 is 2.68 bits per heavy atom. The van der Waals surface area contributed by atoms with Gasteiger partial charge in [-0.05, 0) is 32.9 Å². The average Bonchev–Trinajstić information content (AvgIpc) is 2.46. The van der Waals surface area contributed by atoms with Crippen LogP contribution in [0.15, 0.2) is 0 Å². The van der Waals surface area contributed by atoms with Crippen LogP contribution in [0.1, 0.15) is 19.8 Å². The summed E-state index contributed by atoms with van der Waals surface area (Å²) in [6.07, 6.45) is 1.76. The number of piperidine rings is 1. The Morgan fingerprint density at radius 2 is 2.05 bits per heavy atom. The van der Waals surface area contributed by atoms with E-state index in [0.29, 0.717) is 19.7 Å². The topological polar surface area (TPSA) is 70.7 Å². The van der Waals surface area contributed by atoms with E-state index in [2.05, 4.69) is 10.6 Å². The maximum Gasteiger partial charge on any atom is 0.253 e. The smallest absolute Gasteiger partial charge is 0.253 e. The zero-order valence-corrected chi connectivity index (χ0v) is 11.7. The van der Waals surface area contributed by atoms with Crippen molar-refractivity contribution in [3.05, 3.63) is 0 Å². The molecule has 0 aromatic heterocycles. The van der Waals surface area contributed by atoms with Crippen LogP contribution in [-0.4, -0.2) is 62.1 Å². The number of carbonyl (C=O) groups is 2. The number of ether oxygens (including phenoxy) is 1. The molecule has 0 saturated carbocycles. The van der Waals surface area contributed by atoms with E-state index in [1.54, 1.807) is 18.9 Å². The highest BCUT2D eigenvalue weighted by Gasteiger charge is 2.41. The van der Waals surface area contributed by atoms with Crippen molar-refractivity contribution >= 4 is 11.8 Å². The lowest BCUT2D eigenvalue weighted by Crippen LogP contribution is -2.59. The highest BCUT2D eigenvalue weighted by atomic mass is 16.5. The molecule has 0 aromatic carbocycles. The van der Waals surface area contributed by atoms with Crippen molar-refractivity contribution in [1.82, 2.24) is 15.5 Å². The second-order valence-electron chi connectivity index (χ2n) is 5.44. The molecular weight excluding hydrogens is 246 g/mol. The molecule has 6 nitrogen and oxygen atoms in total. The summed E-state index contributed by atoms with van der Waals surface area (Å²) in [4.78, 5) is 26.1. The van der Waals surface area contributed by atoms with Crippen molar-refractivity contribution in [3.8, 4) is 0 Å². The summed E-state index contributed by atoms with van der Waals surface area (Å²) in [6.45, 7) is 4.88. The molecule has 2 N–H and O–H groups in total. The first-order valence-electron chi connectivity index (χ1n) is 6.92. The summed E-state index contributed by atoms with van der Waals surface area (Å²) in [5.41, 5.74) is -0.921. The van der Waals surface area contributed by atoms with Crippen LogP contribution in [0.4, 0.5) is 0 Å². The third kappa shape index (κ3) is 3.06. The highest BCUT2D eigenvalue weighted by molar-refractivity contribution is 5.86. The minimum Gasteiger partial charge on any atom is -0.362 e. The minimum atomic E-state index is -0.921. The first kappa shape index (κ1) is 14.3. The van der Waals surface area contributed by atoms with Crippen molar-refractivity contribution in [3.63, 3.8) is 0 Å². The van der Waals surface area contributed by atoms with Crippen molar-refractivity contribution in [2.75, 3.05) is 39.8 Å². The standard InChI is InChI=1S/C13H23N3O3/c1-13(12(18)14-2)9-16(7-8-19-13)11(17)10-3-5-15-6-4-10/h10,15H,3-9H2,1-2H3,(H,14,18)/t13-/m1/s1. The first-order chi connectivity index (χ1) is 9.07. The van der Waals surface area contributed by atoms with Crippen molar-refractivity contribution in [1.29, 1.82) is 0 Å². The van der Waals surface area contributed by atoms with Gasteiger partial charge in [-0.2, -0.15) is 0 Å². The minimum absolute atomic E-state index is 0.0910. The zero-order chi connectivity index (χ0) is 13.9. The average molecular weight is 269 g/mol. The molecule has 2 fully saturated rings. The number of nitrogens with zero attached hydrogens (tertiary/aromatic N) is 1. The lowest BCUT2D eigenvalue weighted by atomic mass is 9.95. The van der Waals surface area contributed by atoms with Gasteiger partial charge in [-0.25, -0.2) is 0 Å². The van der Waals surface area contributed by atoms with E-state index in [4.69, 9.17) is 4.74 Å². The molecular formula is C13H23N3O3. The Bertz CT molecular complexity index is 355. The van der Waals surface area contributed by atoms with Gasteiger partial charge >= 0.3 is 0 Å². The zero-order valence-electron chi connectivity index (χ0n) is 11.7. The van der Waals surface area contributed by atoms with Crippen molar-refractivity contribution in [2.24, 2.45) is 5.92 Å². The maximum absolute atomic E-state index is 12.5. The second kappa shape index (κ2) is 5.88. The number of nitrogens with one attached hydrogen (secondary N) is 2. The van der Waals surface area contributed by atoms with E-state index in [1.165, 1.54) is 0 Å². The van der Waals surface area contributed by atoms with Crippen LogP contribution in [0.2, 0.25) is 0 Å². The molecule has 0 unspecified atom stereocenters. The highest BCUT2D eigenvalue weighted by Crippen LogP contribution is 2.22. The predicted molar refractivity (Wildman–Crippen MR) is 70.6 cm³/mol. The molecule has 2 heterocycles. The van der Waals surface area contributed by atoms with Crippen LogP contribution in [0.3, 0.4) is 0 Å². The second-order valence-corrected chi connectivity index (χ2v) is 5.44. The number of hydrogen-bond donors (Lipinski definition) is 2. The van der Waals surface area contributed by atoms with Crippen LogP contribution >= 0.6 is 0 Å². The predicted octanol–water partition coefficient (Wildman–Crippen LogP) is -0.650. The summed E-state index contributed by atoms with van der Waals surface area (Å²) >= 11 is 0. The van der Waals surface area contributed by atoms with E-state index in [9.17, 15) is 9.59 Å². The third-order valence-electron chi connectivity index (χ3n) is 3.98. The molecule has 2 aliphatic heterocycles. The molecule has 19 heavy (non-hydrogen) atoms. The Kier molecular flexibility index (Phi) is 4.42. The molecule has 2 rings (SSSR count). The normalized spacial score (nSPS) is 29.1. The molecule has 0 spiro atoms. The van der Waals surface area contributed by atoms with E-state index in [0.717, 1.165) is 25.9 Å². The lowest BCUT2D eigenvalue weighted by Gasteiger charge is -2.40. The molecule has 2 saturated heterocycles. The van der Waals surface area contributed by atoms with E-state index < -0.39 is 5.60 Å². The summed E-state index contributed by atoms with van der Waals surface area (Å²) in [5.74, 6) is 0.0866. The molecule has 108 valence electrons. The monoisotopic (exact) mass is 269 g/mol. The van der Waals surface area contributed by atoms with Gasteiger partial charge in [0.2, 0.25) is 5.91 Å². The Balaban J connectivity index is 2.00. The molecule has 6 heteroatoms. The number of likely N-dealkylation sites (N-methyl/N-ethyl adjacent to an activating group) is 1. The molecule has 0 aliphatic carbocycles. The Labute approximate surface area is 113 Å². The molecule has 2 aliphatic rings. The van der Waals surface area contributed by atoms with Crippen molar-refractivity contribution in [2.45, 2.75) is 25.4 Å². The third-order valence-corrected chi connectivity index (χ3v) is 3.98. The number of carbonyl (C=O) groups excluding carboxylic acids is 2. The largest absolute Gasteiger partial charge is 0.362 e. The fraction of sp³-hybridized carbons (Fsp3) is 0.846. The van der Waals surface area contributed by atoms with Crippen LogP contribution < -0.4 is 10.6 Å². The van der Waals surface area contributed by atoms with Gasteiger partial charge in [-0.3, -0.25) is 9.59 Å². The van der Waals surface area contributed by atoms with E-state index >= 15 is 0 Å². The van der Waals surface area contributed by atoms with Crippen LogP contribution in [0.5, 0.6) is 0 Å². The lowest BCUT2D eigenvalue weighted by molar-refractivity contribution is -0.164. The summed E-state index contributed by atoms with van der Waals surface area (Å²) in [7, 11) is 1.59.